The highest BCUT2D eigenvalue weighted by Crippen LogP contribution is 2.06. The summed E-state index contributed by atoms with van der Waals surface area (Å²) in [4.78, 5) is 27.1. The predicted octanol–water partition coefficient (Wildman–Crippen LogP) is -2.01. The third-order valence-corrected chi connectivity index (χ3v) is 3.50. The highest BCUT2D eigenvalue weighted by atomic mass is 16.5. The maximum Gasteiger partial charge on any atom is 0.242 e. The van der Waals surface area contributed by atoms with E-state index in [1.807, 2.05) is 9.80 Å². The number of carbonyl (C=O) groups is 2. The Balaban J connectivity index is 1.84. The second kappa shape index (κ2) is 6.83. The molecule has 2 aliphatic heterocycles. The summed E-state index contributed by atoms with van der Waals surface area (Å²) >= 11 is 0. The zero-order valence-electron chi connectivity index (χ0n) is 11.1. The molecular weight excluding hydrogens is 248 g/mol. The molecule has 0 aromatic carbocycles. The number of ether oxygens (including phenoxy) is 1. The Kier molecular flexibility index (Phi) is 5.12. The van der Waals surface area contributed by atoms with Crippen molar-refractivity contribution in [1.29, 1.82) is 0 Å². The smallest absolute Gasteiger partial charge is 0.242 e. The molecule has 19 heavy (non-hydrogen) atoms. The normalized spacial score (nSPS) is 25.9. The summed E-state index contributed by atoms with van der Waals surface area (Å²) in [6.45, 7) is 4.97. The largest absolute Gasteiger partial charge is 0.378 e. The van der Waals surface area contributed by atoms with E-state index in [1.54, 1.807) is 0 Å². The van der Waals surface area contributed by atoms with Gasteiger partial charge in [-0.2, -0.15) is 0 Å². The van der Waals surface area contributed by atoms with E-state index in [0.717, 1.165) is 26.1 Å². The van der Waals surface area contributed by atoms with Crippen molar-refractivity contribution in [2.75, 3.05) is 52.5 Å². The molecule has 2 fully saturated rings. The number of carbonyl (C=O) groups excluding carboxylic acids is 2. The molecule has 2 amide bonds. The Hall–Kier alpha value is -1.18. The van der Waals surface area contributed by atoms with E-state index in [2.05, 4.69) is 5.32 Å². The molecule has 7 nitrogen and oxygen atoms in total. The third-order valence-electron chi connectivity index (χ3n) is 3.50. The molecule has 108 valence electrons. The number of morpholine rings is 1. The number of nitrogens with zero attached hydrogens (tertiary/aromatic N) is 2. The van der Waals surface area contributed by atoms with Crippen LogP contribution in [-0.4, -0.2) is 80.1 Å². The molecule has 0 aromatic rings. The minimum atomic E-state index is -0.317. The number of primary amides is 1. The van der Waals surface area contributed by atoms with Crippen LogP contribution in [0.5, 0.6) is 0 Å². The van der Waals surface area contributed by atoms with Crippen LogP contribution in [0.15, 0.2) is 0 Å². The van der Waals surface area contributed by atoms with E-state index in [1.165, 1.54) is 0 Å². The molecule has 1 atom stereocenters. The molecule has 2 heterocycles. The van der Waals surface area contributed by atoms with Crippen molar-refractivity contribution in [1.82, 2.24) is 15.1 Å². The van der Waals surface area contributed by atoms with E-state index in [9.17, 15) is 9.59 Å². The number of hydrogen-bond acceptors (Lipinski definition) is 5. The van der Waals surface area contributed by atoms with Gasteiger partial charge in [0, 0.05) is 32.7 Å². The van der Waals surface area contributed by atoms with E-state index < -0.39 is 0 Å². The quantitative estimate of drug-likeness (QED) is 0.619. The molecule has 2 saturated heterocycles. The van der Waals surface area contributed by atoms with Crippen molar-refractivity contribution in [3.8, 4) is 0 Å². The Morgan fingerprint density at radius 2 is 2.11 bits per heavy atom. The number of nitrogens with two attached hydrogens (primary N) is 1. The van der Waals surface area contributed by atoms with Crippen LogP contribution in [0.1, 0.15) is 6.42 Å². The van der Waals surface area contributed by atoms with Gasteiger partial charge in [-0.3, -0.25) is 14.5 Å². The molecule has 2 rings (SSSR count). The lowest BCUT2D eigenvalue weighted by Crippen LogP contribution is -2.53. The predicted molar refractivity (Wildman–Crippen MR) is 69.4 cm³/mol. The minimum absolute atomic E-state index is 0.0978. The van der Waals surface area contributed by atoms with Gasteiger partial charge < -0.3 is 20.7 Å². The van der Waals surface area contributed by atoms with Crippen LogP contribution in [0.4, 0.5) is 0 Å². The van der Waals surface area contributed by atoms with Crippen LogP contribution in [0.3, 0.4) is 0 Å². The fourth-order valence-corrected chi connectivity index (χ4v) is 2.51. The highest BCUT2D eigenvalue weighted by Gasteiger charge is 2.27. The first kappa shape index (κ1) is 14.2. The summed E-state index contributed by atoms with van der Waals surface area (Å²) < 4.78 is 5.32. The van der Waals surface area contributed by atoms with Gasteiger partial charge in [-0.1, -0.05) is 0 Å². The van der Waals surface area contributed by atoms with Crippen molar-refractivity contribution >= 4 is 11.8 Å². The maximum atomic E-state index is 12.3. The molecule has 0 saturated carbocycles. The summed E-state index contributed by atoms with van der Waals surface area (Å²) in [5.74, 6) is -0.220. The Morgan fingerprint density at radius 3 is 2.79 bits per heavy atom. The first-order chi connectivity index (χ1) is 9.16. The van der Waals surface area contributed by atoms with Gasteiger partial charge in [0.1, 0.15) is 6.04 Å². The monoisotopic (exact) mass is 270 g/mol. The molecule has 3 N–H and O–H groups in total. The molecule has 7 heteroatoms. The molecule has 0 spiro atoms. The number of rotatable bonds is 3. The van der Waals surface area contributed by atoms with Crippen molar-refractivity contribution in [2.45, 2.75) is 12.5 Å². The van der Waals surface area contributed by atoms with Gasteiger partial charge in [0.25, 0.3) is 0 Å². The molecule has 0 aromatic heterocycles. The van der Waals surface area contributed by atoms with Crippen LogP contribution in [0.25, 0.3) is 0 Å². The summed E-state index contributed by atoms with van der Waals surface area (Å²) in [7, 11) is 0. The Bertz CT molecular complexity index is 331. The van der Waals surface area contributed by atoms with Gasteiger partial charge in [0.15, 0.2) is 0 Å². The summed E-state index contributed by atoms with van der Waals surface area (Å²) in [5.41, 5.74) is 5.20. The second-order valence-corrected chi connectivity index (χ2v) is 5.00. The Labute approximate surface area is 113 Å². The zero-order valence-corrected chi connectivity index (χ0v) is 11.1. The molecule has 0 bridgehead atoms. The number of amides is 2. The molecule has 0 radical (unpaired) electrons. The molecule has 2 aliphatic rings. The van der Waals surface area contributed by atoms with E-state index in [0.29, 0.717) is 26.3 Å². The summed E-state index contributed by atoms with van der Waals surface area (Å²) in [6.07, 6.45) is 0.868. The van der Waals surface area contributed by atoms with Crippen LogP contribution >= 0.6 is 0 Å². The summed E-state index contributed by atoms with van der Waals surface area (Å²) in [6, 6.07) is -0.226. The van der Waals surface area contributed by atoms with Gasteiger partial charge in [-0.05, 0) is 6.42 Å². The fraction of sp³-hybridized carbons (Fsp3) is 0.833. The van der Waals surface area contributed by atoms with Crippen molar-refractivity contribution in [2.24, 2.45) is 5.73 Å². The van der Waals surface area contributed by atoms with Crippen molar-refractivity contribution in [3.05, 3.63) is 0 Å². The zero-order chi connectivity index (χ0) is 13.7. The van der Waals surface area contributed by atoms with Crippen LogP contribution in [-0.2, 0) is 14.3 Å². The SMILES string of the molecule is NC(=O)CN1CCCN(C(=O)C2COCCN2)CC1. The van der Waals surface area contributed by atoms with Crippen LogP contribution < -0.4 is 11.1 Å². The Morgan fingerprint density at radius 1 is 1.26 bits per heavy atom. The maximum absolute atomic E-state index is 12.3. The van der Waals surface area contributed by atoms with Gasteiger partial charge in [-0.25, -0.2) is 0 Å². The highest BCUT2D eigenvalue weighted by molar-refractivity contribution is 5.82. The van der Waals surface area contributed by atoms with Crippen LogP contribution in [0, 0.1) is 0 Å². The standard InChI is InChI=1S/C12H22N4O3/c13-11(17)8-15-3-1-4-16(6-5-15)12(18)10-9-19-7-2-14-10/h10,14H,1-9H2,(H2,13,17). The van der Waals surface area contributed by atoms with Gasteiger partial charge >= 0.3 is 0 Å². The first-order valence-corrected chi connectivity index (χ1v) is 6.77. The minimum Gasteiger partial charge on any atom is -0.378 e. The average Bonchev–Trinajstić information content (AvgIpc) is 2.64. The topological polar surface area (TPSA) is 87.9 Å². The fourth-order valence-electron chi connectivity index (χ4n) is 2.51. The van der Waals surface area contributed by atoms with E-state index >= 15 is 0 Å². The van der Waals surface area contributed by atoms with Gasteiger partial charge in [0.2, 0.25) is 11.8 Å². The number of hydrogen-bond donors (Lipinski definition) is 2. The lowest BCUT2D eigenvalue weighted by atomic mass is 10.2. The average molecular weight is 270 g/mol. The van der Waals surface area contributed by atoms with Gasteiger partial charge in [0.05, 0.1) is 19.8 Å². The number of nitrogens with one attached hydrogen (secondary N) is 1. The molecule has 0 aliphatic carbocycles. The summed E-state index contributed by atoms with van der Waals surface area (Å²) in [5, 5.41) is 3.18. The van der Waals surface area contributed by atoms with Gasteiger partial charge in [-0.15, -0.1) is 0 Å². The molecule has 1 unspecified atom stereocenters. The second-order valence-electron chi connectivity index (χ2n) is 5.00. The first-order valence-electron chi connectivity index (χ1n) is 6.77. The van der Waals surface area contributed by atoms with Crippen molar-refractivity contribution < 1.29 is 14.3 Å². The van der Waals surface area contributed by atoms with E-state index in [-0.39, 0.29) is 24.4 Å². The van der Waals surface area contributed by atoms with E-state index in [4.69, 9.17) is 10.5 Å². The van der Waals surface area contributed by atoms with Crippen LogP contribution in [0.2, 0.25) is 0 Å². The lowest BCUT2D eigenvalue weighted by molar-refractivity contribution is -0.136. The molecular formula is C12H22N4O3. The lowest BCUT2D eigenvalue weighted by Gasteiger charge is -2.29. The van der Waals surface area contributed by atoms with Crippen molar-refractivity contribution in [3.63, 3.8) is 0 Å². The third kappa shape index (κ3) is 4.15.